The highest BCUT2D eigenvalue weighted by Crippen LogP contribution is 2.21. The van der Waals surface area contributed by atoms with E-state index in [1.54, 1.807) is 0 Å². The van der Waals surface area contributed by atoms with E-state index in [2.05, 4.69) is 24.2 Å². The van der Waals surface area contributed by atoms with Crippen LogP contribution >= 0.6 is 0 Å². The summed E-state index contributed by atoms with van der Waals surface area (Å²) in [4.78, 5) is 16.7. The Labute approximate surface area is 104 Å². The van der Waals surface area contributed by atoms with E-state index in [4.69, 9.17) is 0 Å². The minimum Gasteiger partial charge on any atom is -0.341 e. The molecule has 0 bridgehead atoms. The third kappa shape index (κ3) is 2.80. The predicted molar refractivity (Wildman–Crippen MR) is 68.9 cm³/mol. The van der Waals surface area contributed by atoms with Gasteiger partial charge in [0.1, 0.15) is 0 Å². The molecule has 1 N–H and O–H groups in total. The number of likely N-dealkylation sites (tertiary alicyclic amines) is 1. The molecule has 4 nitrogen and oxygen atoms in total. The van der Waals surface area contributed by atoms with Gasteiger partial charge in [-0.2, -0.15) is 0 Å². The smallest absolute Gasteiger partial charge is 0.239 e. The summed E-state index contributed by atoms with van der Waals surface area (Å²) in [7, 11) is 4.15. The first-order valence-corrected chi connectivity index (χ1v) is 6.80. The standard InChI is InChI=1S/C13H25N3O/c1-10-9-11(6-8-15(10)2)16(3)13(17)12-5-4-7-14-12/h10-12,14H,4-9H2,1-3H3/t10-,11-,12+/m1/s1. The van der Waals surface area contributed by atoms with E-state index < -0.39 is 0 Å². The molecule has 1 amide bonds. The van der Waals surface area contributed by atoms with E-state index in [9.17, 15) is 4.79 Å². The van der Waals surface area contributed by atoms with E-state index in [0.29, 0.717) is 18.0 Å². The summed E-state index contributed by atoms with van der Waals surface area (Å²) in [5.41, 5.74) is 0. The lowest BCUT2D eigenvalue weighted by Crippen LogP contribution is -2.51. The highest BCUT2D eigenvalue weighted by molar-refractivity contribution is 5.82. The third-order valence-electron chi connectivity index (χ3n) is 4.43. The highest BCUT2D eigenvalue weighted by atomic mass is 16.2. The van der Waals surface area contributed by atoms with Gasteiger partial charge in [-0.1, -0.05) is 0 Å². The fourth-order valence-electron chi connectivity index (χ4n) is 2.94. The van der Waals surface area contributed by atoms with Gasteiger partial charge in [0.2, 0.25) is 5.91 Å². The van der Waals surface area contributed by atoms with Crippen molar-refractivity contribution in [1.82, 2.24) is 15.1 Å². The number of nitrogens with zero attached hydrogens (tertiary/aromatic N) is 2. The molecule has 98 valence electrons. The molecule has 2 aliphatic rings. The van der Waals surface area contributed by atoms with Crippen LogP contribution in [0.4, 0.5) is 0 Å². The molecule has 17 heavy (non-hydrogen) atoms. The molecule has 0 saturated carbocycles. The number of hydrogen-bond acceptors (Lipinski definition) is 3. The number of carbonyl (C=O) groups excluding carboxylic acids is 1. The summed E-state index contributed by atoms with van der Waals surface area (Å²) in [5, 5.41) is 3.29. The third-order valence-corrected chi connectivity index (χ3v) is 4.43. The zero-order valence-electron chi connectivity index (χ0n) is 11.3. The first-order chi connectivity index (χ1) is 8.09. The molecule has 0 aliphatic carbocycles. The Morgan fingerprint density at radius 1 is 1.41 bits per heavy atom. The zero-order chi connectivity index (χ0) is 12.4. The normalized spacial score (nSPS) is 34.9. The van der Waals surface area contributed by atoms with E-state index in [-0.39, 0.29) is 6.04 Å². The van der Waals surface area contributed by atoms with Crippen LogP contribution in [-0.4, -0.2) is 61.0 Å². The molecule has 2 rings (SSSR count). The number of rotatable bonds is 2. The predicted octanol–water partition coefficient (Wildman–Crippen LogP) is 0.680. The Balaban J connectivity index is 1.90. The molecule has 0 unspecified atom stereocenters. The van der Waals surface area contributed by atoms with Crippen LogP contribution in [0.5, 0.6) is 0 Å². The number of amides is 1. The maximum Gasteiger partial charge on any atom is 0.239 e. The number of carbonyl (C=O) groups is 1. The highest BCUT2D eigenvalue weighted by Gasteiger charge is 2.32. The maximum absolute atomic E-state index is 12.3. The zero-order valence-corrected chi connectivity index (χ0v) is 11.3. The van der Waals surface area contributed by atoms with Crippen molar-refractivity contribution in [2.45, 2.75) is 50.7 Å². The van der Waals surface area contributed by atoms with Gasteiger partial charge in [0, 0.05) is 25.7 Å². The number of hydrogen-bond donors (Lipinski definition) is 1. The van der Waals surface area contributed by atoms with Gasteiger partial charge in [0.05, 0.1) is 6.04 Å². The Kier molecular flexibility index (Phi) is 4.05. The number of piperidine rings is 1. The lowest BCUT2D eigenvalue weighted by atomic mass is 9.97. The fourth-order valence-corrected chi connectivity index (χ4v) is 2.94. The quantitative estimate of drug-likeness (QED) is 0.770. The second-order valence-electron chi connectivity index (χ2n) is 5.61. The van der Waals surface area contributed by atoms with Gasteiger partial charge in [-0.25, -0.2) is 0 Å². The van der Waals surface area contributed by atoms with Gasteiger partial charge in [-0.15, -0.1) is 0 Å². The van der Waals surface area contributed by atoms with Crippen molar-refractivity contribution < 1.29 is 4.79 Å². The van der Waals surface area contributed by atoms with Gasteiger partial charge >= 0.3 is 0 Å². The Morgan fingerprint density at radius 3 is 2.76 bits per heavy atom. The van der Waals surface area contributed by atoms with Crippen LogP contribution in [0.2, 0.25) is 0 Å². The van der Waals surface area contributed by atoms with Crippen molar-refractivity contribution in [1.29, 1.82) is 0 Å². The van der Waals surface area contributed by atoms with Gasteiger partial charge < -0.3 is 15.1 Å². The molecule has 2 heterocycles. The maximum atomic E-state index is 12.3. The van der Waals surface area contributed by atoms with Crippen LogP contribution in [0.3, 0.4) is 0 Å². The molecule has 2 aliphatic heterocycles. The van der Waals surface area contributed by atoms with Gasteiger partial charge in [0.25, 0.3) is 0 Å². The summed E-state index contributed by atoms with van der Waals surface area (Å²) >= 11 is 0. The van der Waals surface area contributed by atoms with Crippen LogP contribution in [-0.2, 0) is 4.79 Å². The molecular formula is C13H25N3O. The summed E-state index contributed by atoms with van der Waals surface area (Å²) in [5.74, 6) is 0.296. The minimum atomic E-state index is 0.0787. The molecule has 0 aromatic carbocycles. The largest absolute Gasteiger partial charge is 0.341 e. The van der Waals surface area contributed by atoms with E-state index in [0.717, 1.165) is 38.8 Å². The molecule has 4 heteroatoms. The second-order valence-corrected chi connectivity index (χ2v) is 5.61. The van der Waals surface area contributed by atoms with Gasteiger partial charge in [-0.05, 0) is 46.2 Å². The molecule has 2 fully saturated rings. The Hall–Kier alpha value is -0.610. The van der Waals surface area contributed by atoms with Gasteiger partial charge in [0.15, 0.2) is 0 Å². The van der Waals surface area contributed by atoms with Crippen molar-refractivity contribution >= 4 is 5.91 Å². The lowest BCUT2D eigenvalue weighted by Gasteiger charge is -2.40. The van der Waals surface area contributed by atoms with Crippen LogP contribution in [0.1, 0.15) is 32.6 Å². The SMILES string of the molecule is C[C@@H]1C[C@H](N(C)C(=O)[C@@H]2CCCN2)CCN1C. The summed E-state index contributed by atoms with van der Waals surface area (Å²) < 4.78 is 0. The van der Waals surface area contributed by atoms with Crippen molar-refractivity contribution in [3.8, 4) is 0 Å². The summed E-state index contributed by atoms with van der Waals surface area (Å²) in [6.45, 7) is 4.34. The monoisotopic (exact) mass is 239 g/mol. The average Bonchev–Trinajstić information content (AvgIpc) is 2.84. The van der Waals surface area contributed by atoms with E-state index in [1.807, 2.05) is 11.9 Å². The van der Waals surface area contributed by atoms with E-state index >= 15 is 0 Å². The van der Waals surface area contributed by atoms with Crippen molar-refractivity contribution in [2.24, 2.45) is 0 Å². The molecule has 0 radical (unpaired) electrons. The van der Waals surface area contributed by atoms with Gasteiger partial charge in [-0.3, -0.25) is 4.79 Å². The summed E-state index contributed by atoms with van der Waals surface area (Å²) in [6, 6.07) is 1.09. The second kappa shape index (κ2) is 5.36. The summed E-state index contributed by atoms with van der Waals surface area (Å²) in [6.07, 6.45) is 4.35. The fraction of sp³-hybridized carbons (Fsp3) is 0.923. The van der Waals surface area contributed by atoms with Crippen LogP contribution < -0.4 is 5.32 Å². The molecule has 0 spiro atoms. The van der Waals surface area contributed by atoms with Crippen LogP contribution in [0.15, 0.2) is 0 Å². The molecule has 3 atom stereocenters. The van der Waals surface area contributed by atoms with Crippen molar-refractivity contribution in [3.05, 3.63) is 0 Å². The van der Waals surface area contributed by atoms with E-state index in [1.165, 1.54) is 0 Å². The molecule has 2 saturated heterocycles. The first kappa shape index (κ1) is 12.8. The number of nitrogens with one attached hydrogen (secondary N) is 1. The minimum absolute atomic E-state index is 0.0787. The van der Waals surface area contributed by atoms with Crippen LogP contribution in [0, 0.1) is 0 Å². The topological polar surface area (TPSA) is 35.6 Å². The lowest BCUT2D eigenvalue weighted by molar-refractivity contribution is -0.135. The Morgan fingerprint density at radius 2 is 2.18 bits per heavy atom. The van der Waals surface area contributed by atoms with Crippen LogP contribution in [0.25, 0.3) is 0 Å². The van der Waals surface area contributed by atoms with Crippen molar-refractivity contribution in [2.75, 3.05) is 27.2 Å². The molecular weight excluding hydrogens is 214 g/mol. The Bertz CT molecular complexity index is 276. The number of likely N-dealkylation sites (N-methyl/N-ethyl adjacent to an activating group) is 1. The molecule has 0 aromatic rings. The van der Waals surface area contributed by atoms with Crippen molar-refractivity contribution in [3.63, 3.8) is 0 Å². The first-order valence-electron chi connectivity index (χ1n) is 6.80. The molecule has 0 aromatic heterocycles. The average molecular weight is 239 g/mol.